The molecule has 0 aromatic rings. The van der Waals surface area contributed by atoms with E-state index in [0.717, 1.165) is 25.7 Å². The number of hydrogen-bond donors (Lipinski definition) is 0. The van der Waals surface area contributed by atoms with Gasteiger partial charge in [-0.3, -0.25) is 0 Å². The van der Waals surface area contributed by atoms with Crippen molar-refractivity contribution in [3.05, 3.63) is 0 Å². The van der Waals surface area contributed by atoms with Crippen molar-refractivity contribution in [1.29, 1.82) is 0 Å². The van der Waals surface area contributed by atoms with E-state index >= 15 is 0 Å². The molecule has 0 bridgehead atoms. The first-order chi connectivity index (χ1) is 7.44. The summed E-state index contributed by atoms with van der Waals surface area (Å²) in [7, 11) is 0. The van der Waals surface area contributed by atoms with Crippen molar-refractivity contribution < 1.29 is 9.53 Å². The van der Waals surface area contributed by atoms with Crippen molar-refractivity contribution in [2.75, 3.05) is 6.61 Å². The second-order valence-electron chi connectivity index (χ2n) is 3.72. The number of ether oxygens (including phenoxy) is 1. The molecule has 0 aromatic heterocycles. The summed E-state index contributed by atoms with van der Waals surface area (Å²) >= 11 is 17.8. The molecule has 0 aromatic carbocycles. The predicted octanol–water partition coefficient (Wildman–Crippen LogP) is 4.30. The summed E-state index contributed by atoms with van der Waals surface area (Å²) in [6.45, 7) is 4.10. The molecule has 0 spiro atoms. The first-order valence-electron chi connectivity index (χ1n) is 5.63. The highest BCUT2D eigenvalue weighted by molar-refractivity contribution is 6.57. The standard InChI is InChI=1S/C11H19Cl3O2/c1-3-5-6-7-9(12)8-11(13,14)10(15)16-4-2/h9H,3-8H2,1-2H3. The summed E-state index contributed by atoms with van der Waals surface area (Å²) in [6.07, 6.45) is 4.32. The molecule has 0 aliphatic rings. The third kappa shape index (κ3) is 6.82. The van der Waals surface area contributed by atoms with E-state index in [-0.39, 0.29) is 18.4 Å². The van der Waals surface area contributed by atoms with Crippen LogP contribution in [0, 0.1) is 0 Å². The monoisotopic (exact) mass is 288 g/mol. The van der Waals surface area contributed by atoms with Gasteiger partial charge < -0.3 is 4.74 Å². The van der Waals surface area contributed by atoms with Crippen LogP contribution in [0.15, 0.2) is 0 Å². The minimum atomic E-state index is -1.52. The second-order valence-corrected chi connectivity index (χ2v) is 5.82. The fraction of sp³-hybridized carbons (Fsp3) is 0.909. The number of alkyl halides is 3. The smallest absolute Gasteiger partial charge is 0.342 e. The van der Waals surface area contributed by atoms with Gasteiger partial charge in [0.25, 0.3) is 0 Å². The van der Waals surface area contributed by atoms with Crippen molar-refractivity contribution in [2.45, 2.75) is 55.7 Å². The number of hydrogen-bond acceptors (Lipinski definition) is 2. The van der Waals surface area contributed by atoms with Gasteiger partial charge in [-0.15, -0.1) is 11.6 Å². The maximum atomic E-state index is 11.4. The van der Waals surface area contributed by atoms with Gasteiger partial charge in [0.2, 0.25) is 4.33 Å². The summed E-state index contributed by atoms with van der Waals surface area (Å²) in [5.74, 6) is -0.612. The number of halogens is 3. The van der Waals surface area contributed by atoms with E-state index < -0.39 is 10.3 Å². The fourth-order valence-corrected chi connectivity index (χ4v) is 2.34. The molecule has 0 heterocycles. The van der Waals surface area contributed by atoms with Crippen LogP contribution >= 0.6 is 34.8 Å². The number of carbonyl (C=O) groups is 1. The van der Waals surface area contributed by atoms with Crippen LogP contribution in [0.2, 0.25) is 0 Å². The summed E-state index contributed by atoms with van der Waals surface area (Å²) in [6, 6.07) is 0. The Labute approximate surface area is 113 Å². The van der Waals surface area contributed by atoms with Crippen LogP contribution in [0.25, 0.3) is 0 Å². The lowest BCUT2D eigenvalue weighted by Crippen LogP contribution is -2.31. The second kappa shape index (κ2) is 8.43. The molecule has 0 saturated carbocycles. The predicted molar refractivity (Wildman–Crippen MR) is 69.5 cm³/mol. The van der Waals surface area contributed by atoms with Crippen LogP contribution in [0.4, 0.5) is 0 Å². The third-order valence-corrected chi connectivity index (χ3v) is 3.16. The lowest BCUT2D eigenvalue weighted by molar-refractivity contribution is -0.144. The Balaban J connectivity index is 3.98. The maximum absolute atomic E-state index is 11.4. The Hall–Kier alpha value is 0.340. The summed E-state index contributed by atoms with van der Waals surface area (Å²) in [5, 5.41) is -0.189. The molecule has 1 atom stereocenters. The normalized spacial score (nSPS) is 13.6. The minimum Gasteiger partial charge on any atom is -0.464 e. The highest BCUT2D eigenvalue weighted by atomic mass is 35.5. The van der Waals surface area contributed by atoms with Gasteiger partial charge in [0.05, 0.1) is 6.61 Å². The molecule has 0 fully saturated rings. The first kappa shape index (κ1) is 16.3. The maximum Gasteiger partial charge on any atom is 0.342 e. The van der Waals surface area contributed by atoms with Crippen molar-refractivity contribution in [3.63, 3.8) is 0 Å². The molecule has 16 heavy (non-hydrogen) atoms. The van der Waals surface area contributed by atoms with Gasteiger partial charge in [-0.2, -0.15) is 0 Å². The highest BCUT2D eigenvalue weighted by Gasteiger charge is 2.37. The van der Waals surface area contributed by atoms with E-state index in [1.807, 2.05) is 0 Å². The van der Waals surface area contributed by atoms with Gasteiger partial charge in [-0.25, -0.2) is 4.79 Å². The van der Waals surface area contributed by atoms with Gasteiger partial charge in [-0.1, -0.05) is 49.4 Å². The topological polar surface area (TPSA) is 26.3 Å². The molecule has 0 aliphatic carbocycles. The Morgan fingerprint density at radius 1 is 1.31 bits per heavy atom. The van der Waals surface area contributed by atoms with E-state index in [4.69, 9.17) is 39.5 Å². The van der Waals surface area contributed by atoms with E-state index in [2.05, 4.69) is 6.92 Å². The highest BCUT2D eigenvalue weighted by Crippen LogP contribution is 2.32. The number of unbranched alkanes of at least 4 members (excludes halogenated alkanes) is 2. The van der Waals surface area contributed by atoms with Crippen molar-refractivity contribution in [1.82, 2.24) is 0 Å². The van der Waals surface area contributed by atoms with Crippen LogP contribution in [-0.4, -0.2) is 22.3 Å². The quantitative estimate of drug-likeness (QED) is 0.378. The average molecular weight is 290 g/mol. The zero-order valence-electron chi connectivity index (χ0n) is 9.77. The lowest BCUT2D eigenvalue weighted by Gasteiger charge is -2.20. The average Bonchev–Trinajstić information content (AvgIpc) is 2.17. The lowest BCUT2D eigenvalue weighted by atomic mass is 10.1. The fourth-order valence-electron chi connectivity index (χ4n) is 1.32. The van der Waals surface area contributed by atoms with E-state index in [1.54, 1.807) is 6.92 Å². The van der Waals surface area contributed by atoms with Gasteiger partial charge >= 0.3 is 5.97 Å². The molecule has 0 aliphatic heterocycles. The van der Waals surface area contributed by atoms with Crippen LogP contribution in [0.1, 0.15) is 46.0 Å². The van der Waals surface area contributed by atoms with Crippen molar-refractivity contribution in [3.8, 4) is 0 Å². The SMILES string of the molecule is CCCCCC(Cl)CC(Cl)(Cl)C(=O)OCC. The summed E-state index contributed by atoms with van der Waals surface area (Å²) in [4.78, 5) is 11.4. The largest absolute Gasteiger partial charge is 0.464 e. The van der Waals surface area contributed by atoms with Crippen LogP contribution in [-0.2, 0) is 9.53 Å². The first-order valence-corrected chi connectivity index (χ1v) is 6.82. The Kier molecular flexibility index (Phi) is 8.61. The molecule has 1 unspecified atom stereocenters. The van der Waals surface area contributed by atoms with Gasteiger partial charge in [0, 0.05) is 11.8 Å². The van der Waals surface area contributed by atoms with E-state index in [9.17, 15) is 4.79 Å². The molecule has 0 rings (SSSR count). The molecule has 0 saturated heterocycles. The molecular weight excluding hydrogens is 270 g/mol. The Bertz CT molecular complexity index is 207. The molecule has 0 N–H and O–H groups in total. The van der Waals surface area contributed by atoms with E-state index in [1.165, 1.54) is 0 Å². The number of carbonyl (C=O) groups excluding carboxylic acids is 1. The van der Waals surface area contributed by atoms with Gasteiger partial charge in [-0.05, 0) is 13.3 Å². The Morgan fingerprint density at radius 2 is 1.94 bits per heavy atom. The van der Waals surface area contributed by atoms with E-state index in [0.29, 0.717) is 0 Å². The zero-order chi connectivity index (χ0) is 12.6. The molecular formula is C11H19Cl3O2. The van der Waals surface area contributed by atoms with Crippen LogP contribution in [0.3, 0.4) is 0 Å². The van der Waals surface area contributed by atoms with Gasteiger partial charge in [0.1, 0.15) is 0 Å². The van der Waals surface area contributed by atoms with Crippen LogP contribution < -0.4 is 0 Å². The van der Waals surface area contributed by atoms with Crippen LogP contribution in [0.5, 0.6) is 0 Å². The molecule has 0 radical (unpaired) electrons. The molecule has 5 heteroatoms. The van der Waals surface area contributed by atoms with Crippen molar-refractivity contribution >= 4 is 40.8 Å². The third-order valence-electron chi connectivity index (χ3n) is 2.17. The minimum absolute atomic E-state index is 0.189. The number of rotatable bonds is 8. The zero-order valence-corrected chi connectivity index (χ0v) is 12.0. The molecule has 96 valence electrons. The summed E-state index contributed by atoms with van der Waals surface area (Å²) in [5.41, 5.74) is 0. The Morgan fingerprint density at radius 3 is 2.44 bits per heavy atom. The number of esters is 1. The molecule has 2 nitrogen and oxygen atoms in total. The van der Waals surface area contributed by atoms with Crippen molar-refractivity contribution in [2.24, 2.45) is 0 Å². The summed E-state index contributed by atoms with van der Waals surface area (Å²) < 4.78 is 3.25. The van der Waals surface area contributed by atoms with Gasteiger partial charge in [0.15, 0.2) is 0 Å². The molecule has 0 amide bonds.